The van der Waals surface area contributed by atoms with Gasteiger partial charge in [0.2, 0.25) is 0 Å². The molecule has 3 aromatic carbocycles. The van der Waals surface area contributed by atoms with Crippen LogP contribution in [0.3, 0.4) is 0 Å². The summed E-state index contributed by atoms with van der Waals surface area (Å²) >= 11 is 0. The van der Waals surface area contributed by atoms with Gasteiger partial charge in [0.15, 0.2) is 0 Å². The van der Waals surface area contributed by atoms with Gasteiger partial charge in [0.05, 0.1) is 5.41 Å². The van der Waals surface area contributed by atoms with Gasteiger partial charge in [-0.25, -0.2) is 0 Å². The number of aryl methyl sites for hydroxylation is 1. The Hall–Kier alpha value is -3.06. The molecule has 2 aliphatic rings. The third-order valence-electron chi connectivity index (χ3n) is 6.57. The summed E-state index contributed by atoms with van der Waals surface area (Å²) in [4.78, 5) is 2.34. The minimum Gasteiger partial charge on any atom is -0.348 e. The minimum atomic E-state index is -0.267. The summed E-state index contributed by atoms with van der Waals surface area (Å²) in [7, 11) is 2.18. The summed E-state index contributed by atoms with van der Waals surface area (Å²) in [6.07, 6.45) is 4.50. The molecular formula is C29H31N. The second-order valence-electron chi connectivity index (χ2n) is 7.87. The number of anilines is 1. The summed E-state index contributed by atoms with van der Waals surface area (Å²) < 4.78 is 0. The van der Waals surface area contributed by atoms with E-state index >= 15 is 0 Å². The second kappa shape index (κ2) is 7.65. The Morgan fingerprint density at radius 2 is 1.40 bits per heavy atom. The molecule has 152 valence electrons. The van der Waals surface area contributed by atoms with Crippen LogP contribution >= 0.6 is 0 Å². The second-order valence-corrected chi connectivity index (χ2v) is 7.87. The molecule has 5 rings (SSSR count). The molecule has 1 spiro atoms. The first-order valence-corrected chi connectivity index (χ1v) is 11.0. The van der Waals surface area contributed by atoms with Crippen molar-refractivity contribution in [1.82, 2.24) is 0 Å². The summed E-state index contributed by atoms with van der Waals surface area (Å²) in [5, 5.41) is 0. The number of benzene rings is 3. The molecule has 1 unspecified atom stereocenters. The Balaban J connectivity index is 0.00000106. The van der Waals surface area contributed by atoms with Gasteiger partial charge in [-0.1, -0.05) is 86.7 Å². The first-order chi connectivity index (χ1) is 14.6. The van der Waals surface area contributed by atoms with Crippen LogP contribution in [0.25, 0.3) is 11.1 Å². The van der Waals surface area contributed by atoms with Gasteiger partial charge in [0, 0.05) is 18.4 Å². The minimum absolute atomic E-state index is 0.267. The van der Waals surface area contributed by atoms with Crippen molar-refractivity contribution in [2.24, 2.45) is 0 Å². The van der Waals surface area contributed by atoms with Crippen LogP contribution in [0, 0.1) is 6.92 Å². The largest absolute Gasteiger partial charge is 0.348 e. The molecular weight excluding hydrogens is 362 g/mol. The molecule has 1 nitrogen and oxygen atoms in total. The van der Waals surface area contributed by atoms with Crippen LogP contribution in [-0.4, -0.2) is 7.05 Å². The molecule has 0 amide bonds. The lowest BCUT2D eigenvalue weighted by molar-refractivity contribution is 0.720. The summed E-state index contributed by atoms with van der Waals surface area (Å²) in [6.45, 7) is 10.6. The standard InChI is InChI=1S/C27H25N.C2H6/c1-5-11-22-19(3)28(4)25-17-9-8-16-24(25)27(22)23-15-7-6-13-20(23)21-14-10-12-18(2)26(21)27;1-2/h5-17H,1-4H3;1-2H3/b11-5-;. The topological polar surface area (TPSA) is 3.24 Å². The lowest BCUT2D eigenvalue weighted by atomic mass is 9.63. The van der Waals surface area contributed by atoms with Crippen molar-refractivity contribution in [2.45, 2.75) is 40.0 Å². The van der Waals surface area contributed by atoms with Crippen LogP contribution in [0.2, 0.25) is 0 Å². The van der Waals surface area contributed by atoms with Gasteiger partial charge in [-0.05, 0) is 65.8 Å². The Morgan fingerprint density at radius 3 is 2.13 bits per heavy atom. The molecule has 3 aromatic rings. The number of para-hydroxylation sites is 1. The van der Waals surface area contributed by atoms with Crippen LogP contribution in [0.15, 0.2) is 90.2 Å². The van der Waals surface area contributed by atoms with Crippen LogP contribution < -0.4 is 4.90 Å². The van der Waals surface area contributed by atoms with E-state index in [1.807, 2.05) is 13.8 Å². The Morgan fingerprint density at radius 1 is 0.767 bits per heavy atom. The third-order valence-corrected chi connectivity index (χ3v) is 6.57. The van der Waals surface area contributed by atoms with Crippen LogP contribution in [0.1, 0.15) is 49.9 Å². The number of hydrogen-bond acceptors (Lipinski definition) is 1. The molecule has 0 saturated carbocycles. The molecule has 0 fully saturated rings. The fraction of sp³-hybridized carbons (Fsp3) is 0.241. The molecule has 30 heavy (non-hydrogen) atoms. The van der Waals surface area contributed by atoms with Crippen molar-refractivity contribution >= 4 is 5.69 Å². The van der Waals surface area contributed by atoms with Gasteiger partial charge >= 0.3 is 0 Å². The quantitative estimate of drug-likeness (QED) is 0.411. The van der Waals surface area contributed by atoms with E-state index in [0.717, 1.165) is 0 Å². The fourth-order valence-electron chi connectivity index (χ4n) is 5.40. The van der Waals surface area contributed by atoms with Gasteiger partial charge in [0.1, 0.15) is 0 Å². The summed E-state index contributed by atoms with van der Waals surface area (Å²) in [5.41, 5.74) is 12.0. The van der Waals surface area contributed by atoms with E-state index in [4.69, 9.17) is 0 Å². The number of nitrogens with zero attached hydrogens (tertiary/aromatic N) is 1. The van der Waals surface area contributed by atoms with E-state index < -0.39 is 0 Å². The van der Waals surface area contributed by atoms with E-state index in [9.17, 15) is 0 Å². The molecule has 0 aromatic heterocycles. The maximum Gasteiger partial charge on any atom is 0.0753 e. The lowest BCUT2D eigenvalue weighted by Gasteiger charge is -2.44. The first-order valence-electron chi connectivity index (χ1n) is 11.0. The third kappa shape index (κ3) is 2.48. The molecule has 0 N–H and O–H groups in total. The summed E-state index contributed by atoms with van der Waals surface area (Å²) in [5.74, 6) is 0. The smallest absolute Gasteiger partial charge is 0.0753 e. The molecule has 1 heterocycles. The SMILES string of the molecule is C/C=C\C1=C(C)N(C)c2ccccc2C12c1ccccc1-c1cccc(C)c12.CC. The van der Waals surface area contributed by atoms with E-state index in [2.05, 4.69) is 112 Å². The Kier molecular flexibility index (Phi) is 5.15. The average Bonchev–Trinajstić information content (AvgIpc) is 3.09. The Bertz CT molecular complexity index is 1160. The highest BCUT2D eigenvalue weighted by atomic mass is 15.1. The zero-order chi connectivity index (χ0) is 21.5. The predicted molar refractivity (Wildman–Crippen MR) is 130 cm³/mol. The lowest BCUT2D eigenvalue weighted by Crippen LogP contribution is -2.38. The highest BCUT2D eigenvalue weighted by Gasteiger charge is 2.51. The van der Waals surface area contributed by atoms with Crippen LogP contribution in [0.4, 0.5) is 5.69 Å². The highest BCUT2D eigenvalue weighted by Crippen LogP contribution is 2.61. The van der Waals surface area contributed by atoms with Gasteiger partial charge in [-0.3, -0.25) is 0 Å². The van der Waals surface area contributed by atoms with Crippen molar-refractivity contribution in [3.63, 3.8) is 0 Å². The number of allylic oxidation sites excluding steroid dienone is 4. The normalized spacial score (nSPS) is 18.8. The van der Waals surface area contributed by atoms with E-state index in [1.54, 1.807) is 0 Å². The molecule has 1 heteroatoms. The van der Waals surface area contributed by atoms with Gasteiger partial charge in [0.25, 0.3) is 0 Å². The molecule has 1 atom stereocenters. The average molecular weight is 394 g/mol. The fourth-order valence-corrected chi connectivity index (χ4v) is 5.40. The number of rotatable bonds is 1. The van der Waals surface area contributed by atoms with Crippen LogP contribution in [0.5, 0.6) is 0 Å². The first kappa shape index (κ1) is 20.2. The molecule has 0 saturated heterocycles. The van der Waals surface area contributed by atoms with Crippen molar-refractivity contribution in [2.75, 3.05) is 11.9 Å². The van der Waals surface area contributed by atoms with E-state index in [1.165, 1.54) is 50.3 Å². The zero-order valence-corrected chi connectivity index (χ0v) is 19.0. The van der Waals surface area contributed by atoms with E-state index in [-0.39, 0.29) is 5.41 Å². The highest BCUT2D eigenvalue weighted by molar-refractivity contribution is 5.91. The predicted octanol–water partition coefficient (Wildman–Crippen LogP) is 7.64. The van der Waals surface area contributed by atoms with Crippen molar-refractivity contribution in [1.29, 1.82) is 0 Å². The monoisotopic (exact) mass is 393 g/mol. The number of fused-ring (bicyclic) bond motifs is 7. The maximum absolute atomic E-state index is 2.34. The van der Waals surface area contributed by atoms with Gasteiger partial charge in [-0.15, -0.1) is 0 Å². The molecule has 1 aliphatic carbocycles. The van der Waals surface area contributed by atoms with Crippen molar-refractivity contribution < 1.29 is 0 Å². The van der Waals surface area contributed by atoms with Gasteiger partial charge in [-0.2, -0.15) is 0 Å². The van der Waals surface area contributed by atoms with Crippen molar-refractivity contribution in [3.05, 3.63) is 112 Å². The van der Waals surface area contributed by atoms with Gasteiger partial charge < -0.3 is 4.90 Å². The maximum atomic E-state index is 2.34. The van der Waals surface area contributed by atoms with E-state index in [0.29, 0.717) is 0 Å². The Labute approximate surface area is 181 Å². The molecule has 0 radical (unpaired) electrons. The zero-order valence-electron chi connectivity index (χ0n) is 19.0. The number of hydrogen-bond donors (Lipinski definition) is 0. The van der Waals surface area contributed by atoms with Crippen molar-refractivity contribution in [3.8, 4) is 11.1 Å². The molecule has 0 bridgehead atoms. The summed E-state index contributed by atoms with van der Waals surface area (Å²) in [6, 6.07) is 24.6. The molecule has 1 aliphatic heterocycles. The van der Waals surface area contributed by atoms with Crippen LogP contribution in [-0.2, 0) is 5.41 Å².